The first kappa shape index (κ1) is 19.9. The standard InChI is InChI=1S/C20H24ClNO4/c1-12(2)25-17-9-7-15(11-16(17)21)22-20(23)14-6-8-18(26-13(3)4)19(10-14)24-5/h6-13H,1-5H3,(H,22,23). The fraction of sp³-hybridized carbons (Fsp3) is 0.350. The highest BCUT2D eigenvalue weighted by Crippen LogP contribution is 2.31. The Kier molecular flexibility index (Phi) is 6.75. The highest BCUT2D eigenvalue weighted by atomic mass is 35.5. The van der Waals surface area contributed by atoms with E-state index >= 15 is 0 Å². The molecule has 1 N–H and O–H groups in total. The molecule has 6 heteroatoms. The summed E-state index contributed by atoms with van der Waals surface area (Å²) in [5.74, 6) is 1.41. The first-order valence-electron chi connectivity index (χ1n) is 8.42. The molecule has 0 unspecified atom stereocenters. The van der Waals surface area contributed by atoms with Crippen LogP contribution in [0.4, 0.5) is 5.69 Å². The predicted octanol–water partition coefficient (Wildman–Crippen LogP) is 5.18. The Balaban J connectivity index is 2.15. The Morgan fingerprint density at radius 1 is 0.923 bits per heavy atom. The minimum atomic E-state index is -0.270. The van der Waals surface area contributed by atoms with Gasteiger partial charge in [0.1, 0.15) is 5.75 Å². The lowest BCUT2D eigenvalue weighted by molar-refractivity contribution is 0.102. The van der Waals surface area contributed by atoms with Gasteiger partial charge in [0.2, 0.25) is 0 Å². The lowest BCUT2D eigenvalue weighted by Crippen LogP contribution is -2.13. The van der Waals surface area contributed by atoms with Crippen molar-refractivity contribution in [3.63, 3.8) is 0 Å². The smallest absolute Gasteiger partial charge is 0.255 e. The van der Waals surface area contributed by atoms with Crippen molar-refractivity contribution in [1.82, 2.24) is 0 Å². The fourth-order valence-corrected chi connectivity index (χ4v) is 2.52. The second kappa shape index (κ2) is 8.81. The van der Waals surface area contributed by atoms with Crippen LogP contribution in [0.5, 0.6) is 17.2 Å². The average Bonchev–Trinajstić information content (AvgIpc) is 2.56. The highest BCUT2D eigenvalue weighted by Gasteiger charge is 2.13. The molecule has 0 bridgehead atoms. The Morgan fingerprint density at radius 2 is 1.54 bits per heavy atom. The summed E-state index contributed by atoms with van der Waals surface area (Å²) in [6.07, 6.45) is 0.0317. The van der Waals surface area contributed by atoms with Gasteiger partial charge in [-0.15, -0.1) is 0 Å². The first-order valence-corrected chi connectivity index (χ1v) is 8.80. The van der Waals surface area contributed by atoms with E-state index in [1.807, 2.05) is 27.7 Å². The van der Waals surface area contributed by atoms with Crippen molar-refractivity contribution in [2.24, 2.45) is 0 Å². The molecule has 0 atom stereocenters. The van der Waals surface area contributed by atoms with Gasteiger partial charge in [-0.25, -0.2) is 0 Å². The lowest BCUT2D eigenvalue weighted by Gasteiger charge is -2.15. The van der Waals surface area contributed by atoms with E-state index in [1.165, 1.54) is 7.11 Å². The summed E-state index contributed by atoms with van der Waals surface area (Å²) in [6.45, 7) is 7.70. The van der Waals surface area contributed by atoms with Crippen molar-refractivity contribution in [3.8, 4) is 17.2 Å². The largest absolute Gasteiger partial charge is 0.493 e. The third kappa shape index (κ3) is 5.30. The molecular weight excluding hydrogens is 354 g/mol. The molecule has 26 heavy (non-hydrogen) atoms. The van der Waals surface area contributed by atoms with Crippen LogP contribution in [0, 0.1) is 0 Å². The normalized spacial score (nSPS) is 10.8. The van der Waals surface area contributed by atoms with Crippen LogP contribution in [0.3, 0.4) is 0 Å². The van der Waals surface area contributed by atoms with Crippen LogP contribution in [0.2, 0.25) is 5.02 Å². The van der Waals surface area contributed by atoms with Crippen molar-refractivity contribution in [3.05, 3.63) is 47.0 Å². The van der Waals surface area contributed by atoms with Crippen LogP contribution in [0.25, 0.3) is 0 Å². The van der Waals surface area contributed by atoms with E-state index in [9.17, 15) is 4.79 Å². The van der Waals surface area contributed by atoms with Crippen molar-refractivity contribution < 1.29 is 19.0 Å². The molecule has 0 aromatic heterocycles. The summed E-state index contributed by atoms with van der Waals surface area (Å²) in [6, 6.07) is 10.2. The second-order valence-electron chi connectivity index (χ2n) is 6.30. The van der Waals surface area contributed by atoms with E-state index in [2.05, 4.69) is 5.32 Å². The van der Waals surface area contributed by atoms with E-state index in [0.717, 1.165) is 0 Å². The van der Waals surface area contributed by atoms with Crippen molar-refractivity contribution >= 4 is 23.2 Å². The van der Waals surface area contributed by atoms with Gasteiger partial charge in [-0.3, -0.25) is 4.79 Å². The van der Waals surface area contributed by atoms with Gasteiger partial charge >= 0.3 is 0 Å². The van der Waals surface area contributed by atoms with Crippen LogP contribution >= 0.6 is 11.6 Å². The van der Waals surface area contributed by atoms with Crippen LogP contribution in [0.1, 0.15) is 38.1 Å². The topological polar surface area (TPSA) is 56.8 Å². The molecule has 0 spiro atoms. The van der Waals surface area contributed by atoms with Gasteiger partial charge < -0.3 is 19.5 Å². The van der Waals surface area contributed by atoms with Gasteiger partial charge in [0.05, 0.1) is 24.3 Å². The number of rotatable bonds is 7. The molecule has 0 aliphatic carbocycles. The molecule has 0 saturated carbocycles. The molecule has 2 aromatic carbocycles. The van der Waals surface area contributed by atoms with Gasteiger partial charge in [0, 0.05) is 11.3 Å². The summed E-state index contributed by atoms with van der Waals surface area (Å²) >= 11 is 6.21. The maximum Gasteiger partial charge on any atom is 0.255 e. The van der Waals surface area contributed by atoms with Gasteiger partial charge in [0.15, 0.2) is 11.5 Å². The zero-order valence-corrected chi connectivity index (χ0v) is 16.4. The third-order valence-electron chi connectivity index (χ3n) is 3.34. The Bertz CT molecular complexity index is 774. The first-order chi connectivity index (χ1) is 12.3. The van der Waals surface area contributed by atoms with Gasteiger partial charge in [-0.05, 0) is 64.1 Å². The molecule has 0 fully saturated rings. The number of methoxy groups -OCH3 is 1. The average molecular weight is 378 g/mol. The molecule has 0 radical (unpaired) electrons. The summed E-state index contributed by atoms with van der Waals surface area (Å²) in [4.78, 5) is 12.5. The zero-order chi connectivity index (χ0) is 19.3. The summed E-state index contributed by atoms with van der Waals surface area (Å²) in [5, 5.41) is 3.26. The van der Waals surface area contributed by atoms with Crippen molar-refractivity contribution in [2.45, 2.75) is 39.9 Å². The molecule has 5 nitrogen and oxygen atoms in total. The van der Waals surface area contributed by atoms with E-state index in [0.29, 0.717) is 33.5 Å². The highest BCUT2D eigenvalue weighted by molar-refractivity contribution is 6.32. The van der Waals surface area contributed by atoms with Crippen LogP contribution < -0.4 is 19.5 Å². The monoisotopic (exact) mass is 377 g/mol. The van der Waals surface area contributed by atoms with Crippen molar-refractivity contribution in [2.75, 3.05) is 12.4 Å². The van der Waals surface area contributed by atoms with Crippen LogP contribution in [-0.2, 0) is 0 Å². The number of benzene rings is 2. The van der Waals surface area contributed by atoms with E-state index in [-0.39, 0.29) is 18.1 Å². The molecule has 2 aromatic rings. The molecule has 0 saturated heterocycles. The summed E-state index contributed by atoms with van der Waals surface area (Å²) < 4.78 is 16.6. The number of ether oxygens (including phenoxy) is 3. The number of nitrogens with one attached hydrogen (secondary N) is 1. The number of hydrogen-bond acceptors (Lipinski definition) is 4. The number of hydrogen-bond donors (Lipinski definition) is 1. The predicted molar refractivity (Wildman–Crippen MR) is 104 cm³/mol. The van der Waals surface area contributed by atoms with Gasteiger partial charge in [-0.1, -0.05) is 11.6 Å². The minimum absolute atomic E-state index is 0.0114. The maximum absolute atomic E-state index is 12.5. The molecular formula is C20H24ClNO4. The van der Waals surface area contributed by atoms with E-state index < -0.39 is 0 Å². The number of amides is 1. The number of halogens is 1. The molecule has 2 rings (SSSR count). The van der Waals surface area contributed by atoms with Crippen LogP contribution in [-0.4, -0.2) is 25.2 Å². The van der Waals surface area contributed by atoms with Gasteiger partial charge in [0.25, 0.3) is 5.91 Å². The molecule has 0 aliphatic rings. The lowest BCUT2D eigenvalue weighted by atomic mass is 10.1. The zero-order valence-electron chi connectivity index (χ0n) is 15.6. The third-order valence-corrected chi connectivity index (χ3v) is 3.64. The Labute approximate surface area is 159 Å². The van der Waals surface area contributed by atoms with Crippen molar-refractivity contribution in [1.29, 1.82) is 0 Å². The SMILES string of the molecule is COc1cc(C(=O)Nc2ccc(OC(C)C)c(Cl)c2)ccc1OC(C)C. The Hall–Kier alpha value is -2.40. The summed E-state index contributed by atoms with van der Waals surface area (Å²) in [7, 11) is 1.54. The molecule has 140 valence electrons. The number of carbonyl (C=O) groups is 1. The van der Waals surface area contributed by atoms with E-state index in [4.69, 9.17) is 25.8 Å². The number of anilines is 1. The molecule has 0 heterocycles. The molecule has 0 aliphatic heterocycles. The van der Waals surface area contributed by atoms with E-state index in [1.54, 1.807) is 36.4 Å². The fourth-order valence-electron chi connectivity index (χ4n) is 2.29. The number of carbonyl (C=O) groups excluding carboxylic acids is 1. The van der Waals surface area contributed by atoms with Crippen LogP contribution in [0.15, 0.2) is 36.4 Å². The molecule has 1 amide bonds. The van der Waals surface area contributed by atoms with Gasteiger partial charge in [-0.2, -0.15) is 0 Å². The quantitative estimate of drug-likeness (QED) is 0.722. The minimum Gasteiger partial charge on any atom is -0.493 e. The second-order valence-corrected chi connectivity index (χ2v) is 6.71. The maximum atomic E-state index is 12.5. The summed E-state index contributed by atoms with van der Waals surface area (Å²) in [5.41, 5.74) is 1.04. The Morgan fingerprint density at radius 3 is 2.12 bits per heavy atom.